The van der Waals surface area contributed by atoms with Crippen LogP contribution in [0.15, 0.2) is 60.7 Å². The van der Waals surface area contributed by atoms with Gasteiger partial charge in [0, 0.05) is 19.6 Å². The molecule has 3 aromatic rings. The van der Waals surface area contributed by atoms with Gasteiger partial charge in [0.2, 0.25) is 5.88 Å². The molecule has 0 bridgehead atoms. The molecule has 4 rings (SSSR count). The molecule has 6 heteroatoms. The first-order valence-electron chi connectivity index (χ1n) is 12.2. The van der Waals surface area contributed by atoms with Crippen molar-refractivity contribution in [2.45, 2.75) is 58.8 Å². The maximum absolute atomic E-state index is 10.7. The van der Waals surface area contributed by atoms with E-state index in [1.807, 2.05) is 93.0 Å². The van der Waals surface area contributed by atoms with Gasteiger partial charge in [-0.3, -0.25) is 4.90 Å². The van der Waals surface area contributed by atoms with Crippen LogP contribution in [0.3, 0.4) is 0 Å². The van der Waals surface area contributed by atoms with Crippen LogP contribution >= 0.6 is 0 Å². The first-order valence-corrected chi connectivity index (χ1v) is 12.2. The number of hydrogen-bond acceptors (Lipinski definition) is 5. The van der Waals surface area contributed by atoms with E-state index in [0.29, 0.717) is 25.6 Å². The molecule has 0 spiro atoms. The van der Waals surface area contributed by atoms with E-state index < -0.39 is 6.10 Å². The molecule has 1 fully saturated rings. The van der Waals surface area contributed by atoms with Crippen LogP contribution < -0.4 is 4.74 Å². The van der Waals surface area contributed by atoms with E-state index in [1.54, 1.807) is 0 Å². The van der Waals surface area contributed by atoms with Crippen molar-refractivity contribution in [3.63, 3.8) is 0 Å². The predicted molar refractivity (Wildman–Crippen MR) is 135 cm³/mol. The molecule has 1 heterocycles. The fourth-order valence-corrected chi connectivity index (χ4v) is 3.96. The van der Waals surface area contributed by atoms with E-state index in [-0.39, 0.29) is 5.60 Å². The highest BCUT2D eigenvalue weighted by Crippen LogP contribution is 2.34. The Morgan fingerprint density at radius 3 is 2.32 bits per heavy atom. The quantitative estimate of drug-likeness (QED) is 0.415. The summed E-state index contributed by atoms with van der Waals surface area (Å²) in [4.78, 5) is 2.32. The number of ether oxygens (including phenoxy) is 2. The second-order valence-corrected chi connectivity index (χ2v) is 10.2. The molecule has 1 N–H and O–H groups in total. The van der Waals surface area contributed by atoms with Gasteiger partial charge in [0.25, 0.3) is 0 Å². The zero-order valence-electron chi connectivity index (χ0n) is 20.8. The molecule has 1 aliphatic carbocycles. The molecule has 34 heavy (non-hydrogen) atoms. The average molecular weight is 464 g/mol. The Balaban J connectivity index is 1.60. The number of aromatic nitrogens is 2. The molecule has 1 aromatic heterocycles. The van der Waals surface area contributed by atoms with E-state index in [4.69, 9.17) is 14.6 Å². The van der Waals surface area contributed by atoms with Gasteiger partial charge in [-0.25, -0.2) is 4.68 Å². The minimum atomic E-state index is -0.555. The summed E-state index contributed by atoms with van der Waals surface area (Å²) in [6, 6.07) is 19.9. The molecule has 6 nitrogen and oxygen atoms in total. The number of nitrogens with zero attached hydrogens (tertiary/aromatic N) is 3. The monoisotopic (exact) mass is 463 g/mol. The van der Waals surface area contributed by atoms with Crippen LogP contribution in [0.2, 0.25) is 0 Å². The Hall–Kier alpha value is -2.67. The fraction of sp³-hybridized carbons (Fsp3) is 0.464. The summed E-state index contributed by atoms with van der Waals surface area (Å²) in [6.07, 6.45) is 1.95. The second-order valence-electron chi connectivity index (χ2n) is 10.2. The normalized spacial score (nSPS) is 15.0. The second kappa shape index (κ2) is 10.7. The molecule has 1 unspecified atom stereocenters. The Morgan fingerprint density at radius 1 is 1.06 bits per heavy atom. The van der Waals surface area contributed by atoms with Gasteiger partial charge in [0.15, 0.2) is 0 Å². The smallest absolute Gasteiger partial charge is 0.227 e. The van der Waals surface area contributed by atoms with E-state index in [0.717, 1.165) is 35.1 Å². The summed E-state index contributed by atoms with van der Waals surface area (Å²) >= 11 is 0. The third kappa shape index (κ3) is 6.92. The van der Waals surface area contributed by atoms with Gasteiger partial charge < -0.3 is 14.6 Å². The predicted octanol–water partition coefficient (Wildman–Crippen LogP) is 5.36. The average Bonchev–Trinajstić information content (AvgIpc) is 3.58. The van der Waals surface area contributed by atoms with Crippen molar-refractivity contribution in [3.05, 3.63) is 71.9 Å². The van der Waals surface area contributed by atoms with Gasteiger partial charge in [0.1, 0.15) is 5.75 Å². The number of hydrogen-bond donors (Lipinski definition) is 1. The van der Waals surface area contributed by atoms with Crippen molar-refractivity contribution < 1.29 is 14.6 Å². The van der Waals surface area contributed by atoms with Crippen LogP contribution in [0.5, 0.6) is 11.6 Å². The van der Waals surface area contributed by atoms with Crippen molar-refractivity contribution in [1.82, 2.24) is 14.7 Å². The zero-order chi connectivity index (χ0) is 24.1. The van der Waals surface area contributed by atoms with Gasteiger partial charge in [-0.05, 0) is 70.7 Å². The van der Waals surface area contributed by atoms with Gasteiger partial charge in [-0.15, -0.1) is 0 Å². The summed E-state index contributed by atoms with van der Waals surface area (Å²) in [6.45, 7) is 10.5. The highest BCUT2D eigenvalue weighted by molar-refractivity contribution is 5.43. The number of aliphatic hydroxyl groups excluding tert-OH is 1. The molecule has 0 aliphatic heterocycles. The van der Waals surface area contributed by atoms with E-state index in [2.05, 4.69) is 4.90 Å². The first-order chi connectivity index (χ1) is 16.3. The number of aryl methyl sites for hydroxylation is 1. The summed E-state index contributed by atoms with van der Waals surface area (Å²) in [5.41, 5.74) is 2.65. The highest BCUT2D eigenvalue weighted by atomic mass is 16.5. The zero-order valence-corrected chi connectivity index (χ0v) is 20.8. The number of aliphatic hydroxyl groups is 1. The minimum absolute atomic E-state index is 0.271. The summed E-state index contributed by atoms with van der Waals surface area (Å²) in [5, 5.41) is 15.6. The summed E-state index contributed by atoms with van der Waals surface area (Å²) < 4.78 is 14.1. The Bertz CT molecular complexity index is 1040. The lowest BCUT2D eigenvalue weighted by Gasteiger charge is -2.27. The van der Waals surface area contributed by atoms with Gasteiger partial charge >= 0.3 is 0 Å². The highest BCUT2D eigenvalue weighted by Gasteiger charge is 2.28. The first kappa shape index (κ1) is 24.5. The molecule has 0 amide bonds. The molecule has 1 saturated carbocycles. The van der Waals surface area contributed by atoms with Crippen molar-refractivity contribution in [1.29, 1.82) is 0 Å². The Kier molecular flexibility index (Phi) is 7.71. The van der Waals surface area contributed by atoms with E-state index in [9.17, 15) is 5.11 Å². The number of benzene rings is 2. The van der Waals surface area contributed by atoms with Gasteiger partial charge in [-0.2, -0.15) is 5.10 Å². The van der Waals surface area contributed by atoms with Crippen LogP contribution in [0.1, 0.15) is 44.9 Å². The molecule has 2 aromatic carbocycles. The fourth-order valence-electron chi connectivity index (χ4n) is 3.96. The summed E-state index contributed by atoms with van der Waals surface area (Å²) in [7, 11) is 0. The van der Waals surface area contributed by atoms with Crippen LogP contribution in [0.4, 0.5) is 0 Å². The molecule has 1 atom stereocenters. The van der Waals surface area contributed by atoms with Crippen molar-refractivity contribution in [2.24, 2.45) is 5.92 Å². The third-order valence-corrected chi connectivity index (χ3v) is 5.87. The van der Waals surface area contributed by atoms with Crippen LogP contribution in [0, 0.1) is 12.8 Å². The maximum Gasteiger partial charge on any atom is 0.227 e. The lowest BCUT2D eigenvalue weighted by Crippen LogP contribution is -2.37. The van der Waals surface area contributed by atoms with Gasteiger partial charge in [0.05, 0.1) is 35.3 Å². The molecular weight excluding hydrogens is 426 g/mol. The molecule has 0 radical (unpaired) electrons. The molecule has 1 aliphatic rings. The third-order valence-electron chi connectivity index (χ3n) is 5.87. The maximum atomic E-state index is 10.7. The molecule has 182 valence electrons. The lowest BCUT2D eigenvalue weighted by atomic mass is 10.2. The number of rotatable bonds is 11. The van der Waals surface area contributed by atoms with Crippen LogP contribution in [0.25, 0.3) is 5.69 Å². The standard InChI is InChI=1S/C28H37N3O3/c1-21-26(19-30(17-22-15-16-22)18-24(32)20-33-28(2,3)4)27(34-25-13-9-6-10-14-25)31(29-21)23-11-7-5-8-12-23/h5-14,22,24,32H,15-20H2,1-4H3. The van der Waals surface area contributed by atoms with Gasteiger partial charge in [-0.1, -0.05) is 36.4 Å². The lowest BCUT2D eigenvalue weighted by molar-refractivity contribution is -0.0569. The molecular formula is C28H37N3O3. The Morgan fingerprint density at radius 2 is 1.71 bits per heavy atom. The summed E-state index contributed by atoms with van der Waals surface area (Å²) in [5.74, 6) is 2.18. The van der Waals surface area contributed by atoms with E-state index in [1.165, 1.54) is 12.8 Å². The topological polar surface area (TPSA) is 59.8 Å². The number of para-hydroxylation sites is 2. The van der Waals surface area contributed by atoms with Crippen molar-refractivity contribution >= 4 is 0 Å². The van der Waals surface area contributed by atoms with Crippen molar-refractivity contribution in [2.75, 3.05) is 19.7 Å². The SMILES string of the molecule is Cc1nn(-c2ccccc2)c(Oc2ccccc2)c1CN(CC(O)COC(C)(C)C)CC1CC1. The van der Waals surface area contributed by atoms with Crippen LogP contribution in [-0.4, -0.2) is 51.2 Å². The van der Waals surface area contributed by atoms with E-state index >= 15 is 0 Å². The van der Waals surface area contributed by atoms with Crippen molar-refractivity contribution in [3.8, 4) is 17.3 Å². The minimum Gasteiger partial charge on any atom is -0.439 e. The largest absolute Gasteiger partial charge is 0.439 e. The Labute approximate surface area is 203 Å². The van der Waals surface area contributed by atoms with Crippen LogP contribution in [-0.2, 0) is 11.3 Å². The molecule has 0 saturated heterocycles.